The summed E-state index contributed by atoms with van der Waals surface area (Å²) in [5.74, 6) is 0. The molecule has 4 N–H and O–H groups in total. The third kappa shape index (κ3) is 3.74. The summed E-state index contributed by atoms with van der Waals surface area (Å²) in [4.78, 5) is 0.186. The lowest BCUT2D eigenvalue weighted by molar-refractivity contribution is 0.588. The second-order valence-corrected chi connectivity index (χ2v) is 6.68. The maximum atomic E-state index is 11.8. The standard InChI is InChI=1S/C15H19N3O2S/c1-11-3-5-12(6-4-11)10-18-15-9-13(7-8-14(15)16)21(19,20)17-2/h3-9,17-18H,10,16H2,1-2H3. The minimum Gasteiger partial charge on any atom is -0.397 e. The summed E-state index contributed by atoms with van der Waals surface area (Å²) in [7, 11) is -2.09. The van der Waals surface area contributed by atoms with Crippen molar-refractivity contribution < 1.29 is 8.42 Å². The van der Waals surface area contributed by atoms with Crippen molar-refractivity contribution in [3.05, 3.63) is 53.6 Å². The van der Waals surface area contributed by atoms with Crippen LogP contribution in [0.5, 0.6) is 0 Å². The lowest BCUT2D eigenvalue weighted by Gasteiger charge is -2.12. The van der Waals surface area contributed by atoms with Gasteiger partial charge in [-0.25, -0.2) is 13.1 Å². The van der Waals surface area contributed by atoms with Crippen LogP contribution < -0.4 is 15.8 Å². The quantitative estimate of drug-likeness (QED) is 0.739. The number of nitrogens with two attached hydrogens (primary N) is 1. The first kappa shape index (κ1) is 15.3. The topological polar surface area (TPSA) is 84.2 Å². The van der Waals surface area contributed by atoms with E-state index in [-0.39, 0.29) is 4.90 Å². The number of nitrogen functional groups attached to an aromatic ring is 1. The molecule has 6 heteroatoms. The molecule has 21 heavy (non-hydrogen) atoms. The summed E-state index contributed by atoms with van der Waals surface area (Å²) < 4.78 is 25.9. The van der Waals surface area contributed by atoms with Gasteiger partial charge >= 0.3 is 0 Å². The molecular formula is C15H19N3O2S. The lowest BCUT2D eigenvalue weighted by atomic mass is 10.1. The maximum absolute atomic E-state index is 11.8. The molecule has 0 heterocycles. The molecule has 0 aliphatic heterocycles. The number of benzene rings is 2. The first-order chi connectivity index (χ1) is 9.92. The van der Waals surface area contributed by atoms with Gasteiger partial charge < -0.3 is 11.1 Å². The zero-order valence-electron chi connectivity index (χ0n) is 12.1. The van der Waals surface area contributed by atoms with E-state index < -0.39 is 10.0 Å². The van der Waals surface area contributed by atoms with Gasteiger partial charge in [0.05, 0.1) is 16.3 Å². The van der Waals surface area contributed by atoms with Crippen LogP contribution >= 0.6 is 0 Å². The molecule has 0 radical (unpaired) electrons. The van der Waals surface area contributed by atoms with Gasteiger partial charge in [0.2, 0.25) is 10.0 Å². The van der Waals surface area contributed by atoms with Gasteiger partial charge in [-0.3, -0.25) is 0 Å². The number of rotatable bonds is 5. The minimum absolute atomic E-state index is 0.186. The number of nitrogens with one attached hydrogen (secondary N) is 2. The monoisotopic (exact) mass is 305 g/mol. The van der Waals surface area contributed by atoms with Crippen LogP contribution in [-0.4, -0.2) is 15.5 Å². The van der Waals surface area contributed by atoms with Gasteiger partial charge in [-0.05, 0) is 37.7 Å². The van der Waals surface area contributed by atoms with Crippen LogP contribution in [0.4, 0.5) is 11.4 Å². The van der Waals surface area contributed by atoms with Crippen LogP contribution in [-0.2, 0) is 16.6 Å². The predicted octanol–water partition coefficient (Wildman–Crippen LogP) is 2.10. The maximum Gasteiger partial charge on any atom is 0.240 e. The van der Waals surface area contributed by atoms with Crippen LogP contribution in [0.15, 0.2) is 47.4 Å². The summed E-state index contributed by atoms with van der Waals surface area (Å²) >= 11 is 0. The average Bonchev–Trinajstić information content (AvgIpc) is 2.48. The Balaban J connectivity index is 2.20. The highest BCUT2D eigenvalue weighted by Gasteiger charge is 2.13. The Morgan fingerprint density at radius 1 is 1.10 bits per heavy atom. The third-order valence-electron chi connectivity index (χ3n) is 3.21. The van der Waals surface area contributed by atoms with Crippen molar-refractivity contribution >= 4 is 21.4 Å². The van der Waals surface area contributed by atoms with Gasteiger partial charge in [-0.1, -0.05) is 29.8 Å². The van der Waals surface area contributed by atoms with Crippen molar-refractivity contribution in [3.8, 4) is 0 Å². The molecule has 0 amide bonds. The molecule has 0 bridgehead atoms. The molecule has 0 saturated heterocycles. The van der Waals surface area contributed by atoms with Crippen molar-refractivity contribution in [2.75, 3.05) is 18.1 Å². The number of anilines is 2. The minimum atomic E-state index is -3.47. The van der Waals surface area contributed by atoms with E-state index in [0.717, 1.165) is 5.56 Å². The molecule has 112 valence electrons. The molecular weight excluding hydrogens is 286 g/mol. The Hall–Kier alpha value is -2.05. The predicted molar refractivity (Wildman–Crippen MR) is 85.6 cm³/mol. The van der Waals surface area contributed by atoms with Crippen molar-refractivity contribution in [1.29, 1.82) is 0 Å². The van der Waals surface area contributed by atoms with E-state index in [1.165, 1.54) is 24.7 Å². The van der Waals surface area contributed by atoms with E-state index in [1.807, 2.05) is 31.2 Å². The highest BCUT2D eigenvalue weighted by atomic mass is 32.2. The molecule has 5 nitrogen and oxygen atoms in total. The normalized spacial score (nSPS) is 11.3. The smallest absolute Gasteiger partial charge is 0.240 e. The van der Waals surface area contributed by atoms with E-state index >= 15 is 0 Å². The van der Waals surface area contributed by atoms with Crippen LogP contribution in [0.3, 0.4) is 0 Å². The van der Waals surface area contributed by atoms with E-state index in [2.05, 4.69) is 10.0 Å². The molecule has 2 aromatic rings. The molecule has 0 saturated carbocycles. The zero-order valence-corrected chi connectivity index (χ0v) is 12.9. The highest BCUT2D eigenvalue weighted by molar-refractivity contribution is 7.89. The fourth-order valence-corrected chi connectivity index (χ4v) is 2.63. The van der Waals surface area contributed by atoms with Crippen molar-refractivity contribution in [1.82, 2.24) is 4.72 Å². The number of sulfonamides is 1. The molecule has 2 rings (SSSR count). The van der Waals surface area contributed by atoms with E-state index in [9.17, 15) is 8.42 Å². The van der Waals surface area contributed by atoms with Gasteiger partial charge in [-0.15, -0.1) is 0 Å². The second-order valence-electron chi connectivity index (χ2n) is 4.80. The van der Waals surface area contributed by atoms with Gasteiger partial charge in [0.25, 0.3) is 0 Å². The number of hydrogen-bond donors (Lipinski definition) is 3. The zero-order chi connectivity index (χ0) is 15.5. The first-order valence-electron chi connectivity index (χ1n) is 6.55. The summed E-state index contributed by atoms with van der Waals surface area (Å²) in [6.45, 7) is 2.61. The Morgan fingerprint density at radius 2 is 1.76 bits per heavy atom. The van der Waals surface area contributed by atoms with Crippen LogP contribution in [0.25, 0.3) is 0 Å². The van der Waals surface area contributed by atoms with Crippen LogP contribution in [0.2, 0.25) is 0 Å². The van der Waals surface area contributed by atoms with Gasteiger partial charge in [0, 0.05) is 6.54 Å². The van der Waals surface area contributed by atoms with Gasteiger partial charge in [0.15, 0.2) is 0 Å². The SMILES string of the molecule is CNS(=O)(=O)c1ccc(N)c(NCc2ccc(C)cc2)c1. The second kappa shape index (κ2) is 6.15. The van der Waals surface area contributed by atoms with Crippen molar-refractivity contribution in [2.45, 2.75) is 18.4 Å². The molecule has 0 unspecified atom stereocenters. The highest BCUT2D eigenvalue weighted by Crippen LogP contribution is 2.23. The molecule has 0 atom stereocenters. The Morgan fingerprint density at radius 3 is 2.38 bits per heavy atom. The molecule has 2 aromatic carbocycles. The van der Waals surface area contributed by atoms with Gasteiger partial charge in [0.1, 0.15) is 0 Å². The molecule has 0 aliphatic carbocycles. The fourth-order valence-electron chi connectivity index (χ4n) is 1.88. The molecule has 0 aromatic heterocycles. The fraction of sp³-hybridized carbons (Fsp3) is 0.200. The van der Waals surface area contributed by atoms with Crippen LogP contribution in [0.1, 0.15) is 11.1 Å². The Labute approximate surface area is 125 Å². The lowest BCUT2D eigenvalue weighted by Crippen LogP contribution is -2.18. The average molecular weight is 305 g/mol. The molecule has 0 aliphatic rings. The Kier molecular flexibility index (Phi) is 4.50. The number of aryl methyl sites for hydroxylation is 1. The molecule has 0 spiro atoms. The third-order valence-corrected chi connectivity index (χ3v) is 4.62. The summed E-state index contributed by atoms with van der Waals surface area (Å²) in [6, 6.07) is 12.7. The van der Waals surface area contributed by atoms with Crippen molar-refractivity contribution in [3.63, 3.8) is 0 Å². The Bertz CT molecular complexity index is 725. The van der Waals surface area contributed by atoms with Crippen LogP contribution in [0, 0.1) is 6.92 Å². The molecule has 0 fully saturated rings. The van der Waals surface area contributed by atoms with E-state index in [0.29, 0.717) is 17.9 Å². The largest absolute Gasteiger partial charge is 0.397 e. The summed E-state index contributed by atoms with van der Waals surface area (Å²) in [5, 5.41) is 3.17. The summed E-state index contributed by atoms with van der Waals surface area (Å²) in [5.41, 5.74) is 9.29. The number of hydrogen-bond acceptors (Lipinski definition) is 4. The van der Waals surface area contributed by atoms with E-state index in [4.69, 9.17) is 5.73 Å². The van der Waals surface area contributed by atoms with E-state index in [1.54, 1.807) is 6.07 Å². The van der Waals surface area contributed by atoms with Crippen molar-refractivity contribution in [2.24, 2.45) is 0 Å². The summed E-state index contributed by atoms with van der Waals surface area (Å²) in [6.07, 6.45) is 0. The van der Waals surface area contributed by atoms with Gasteiger partial charge in [-0.2, -0.15) is 0 Å². The first-order valence-corrected chi connectivity index (χ1v) is 8.03.